The van der Waals surface area contributed by atoms with Crippen molar-refractivity contribution in [2.45, 2.75) is 116 Å². The number of halogens is 3. The Balaban J connectivity index is 2.10. The Kier molecular flexibility index (Phi) is 17.0. The summed E-state index contributed by atoms with van der Waals surface area (Å²) in [6, 6.07) is 4.49. The lowest BCUT2D eigenvalue weighted by Gasteiger charge is -2.26. The van der Waals surface area contributed by atoms with Crippen LogP contribution in [-0.4, -0.2) is 63.5 Å². The Bertz CT molecular complexity index is 1420. The summed E-state index contributed by atoms with van der Waals surface area (Å²) in [7, 11) is -4.17. The molecule has 3 atom stereocenters. The first-order valence-corrected chi connectivity index (χ1v) is 18.7. The summed E-state index contributed by atoms with van der Waals surface area (Å²) < 4.78 is 84.4. The number of carbonyl (C=O) groups excluding carboxylic acids is 4. The van der Waals surface area contributed by atoms with Gasteiger partial charge in [-0.05, 0) is 62.0 Å². The number of ketones is 1. The Morgan fingerprint density at radius 1 is 0.980 bits per heavy atom. The second-order valence-corrected chi connectivity index (χ2v) is 16.0. The molecule has 0 N–H and O–H groups in total. The normalized spacial score (nSPS) is 20.6. The third kappa shape index (κ3) is 16.1. The first kappa shape index (κ1) is 42.7. The van der Waals surface area contributed by atoms with E-state index in [0.717, 1.165) is 18.6 Å². The molecule has 1 saturated heterocycles. The van der Waals surface area contributed by atoms with Gasteiger partial charge in [-0.1, -0.05) is 71.7 Å². The number of benzene rings is 1. The highest BCUT2D eigenvalue weighted by molar-refractivity contribution is 7.91. The van der Waals surface area contributed by atoms with Crippen molar-refractivity contribution in [3.63, 3.8) is 0 Å². The molecule has 0 amide bonds. The van der Waals surface area contributed by atoms with Gasteiger partial charge in [0.1, 0.15) is 17.3 Å². The van der Waals surface area contributed by atoms with Gasteiger partial charge in [0.25, 0.3) is 0 Å². The minimum Gasteiger partial charge on any atom is -0.465 e. The monoisotopic (exact) mass is 732 g/mol. The predicted octanol–water partition coefficient (Wildman–Crippen LogP) is 7.33. The third-order valence-electron chi connectivity index (χ3n) is 8.15. The number of sulfone groups is 1. The van der Waals surface area contributed by atoms with Gasteiger partial charge >= 0.3 is 24.3 Å². The number of para-hydroxylation sites is 1. The second kappa shape index (κ2) is 19.8. The van der Waals surface area contributed by atoms with Crippen molar-refractivity contribution >= 4 is 33.5 Å². The maximum atomic E-state index is 13.8. The molecule has 1 aromatic rings. The first-order valence-electron chi connectivity index (χ1n) is 17.1. The van der Waals surface area contributed by atoms with Crippen LogP contribution in [0.3, 0.4) is 0 Å². The van der Waals surface area contributed by atoms with E-state index in [9.17, 15) is 40.8 Å². The van der Waals surface area contributed by atoms with Crippen molar-refractivity contribution in [2.75, 3.05) is 19.0 Å². The number of cyclic esters (lactones) is 1. The van der Waals surface area contributed by atoms with Crippen molar-refractivity contribution in [1.82, 2.24) is 0 Å². The van der Waals surface area contributed by atoms with Crippen LogP contribution >= 0.6 is 0 Å². The molecule has 0 aliphatic carbocycles. The zero-order valence-corrected chi connectivity index (χ0v) is 30.4. The van der Waals surface area contributed by atoms with Gasteiger partial charge < -0.3 is 18.9 Å². The van der Waals surface area contributed by atoms with Crippen LogP contribution in [0.1, 0.15) is 98.8 Å². The maximum absolute atomic E-state index is 13.8. The van der Waals surface area contributed by atoms with Crippen LogP contribution in [0.25, 0.3) is 0 Å². The summed E-state index contributed by atoms with van der Waals surface area (Å²) >= 11 is 0. The molecule has 50 heavy (non-hydrogen) atoms. The van der Waals surface area contributed by atoms with E-state index in [1.165, 1.54) is 24.3 Å². The SMILES string of the molecule is CC(C)CC(=O)OCC1CCCOC(=O)C(C)CCCCCC(OC(=O)CC(C)(C)CC=CCS(=O)(=O)c2ccccc2OC(F)(F)F)C1=O. The molecule has 0 radical (unpaired) electrons. The molecule has 1 aliphatic rings. The van der Waals surface area contributed by atoms with Crippen LogP contribution in [0, 0.1) is 23.2 Å². The van der Waals surface area contributed by atoms with E-state index in [1.807, 2.05) is 20.8 Å². The van der Waals surface area contributed by atoms with Gasteiger partial charge in [0.05, 0.1) is 30.6 Å². The zero-order valence-electron chi connectivity index (χ0n) is 29.6. The summed E-state index contributed by atoms with van der Waals surface area (Å²) in [5, 5.41) is 0. The second-order valence-electron chi connectivity index (χ2n) is 14.0. The molecule has 0 bridgehead atoms. The van der Waals surface area contributed by atoms with Crippen molar-refractivity contribution in [3.05, 3.63) is 36.4 Å². The number of hydrogen-bond donors (Lipinski definition) is 0. The van der Waals surface area contributed by atoms with Gasteiger partial charge in [-0.2, -0.15) is 0 Å². The molecule has 0 saturated carbocycles. The minimum atomic E-state index is -5.06. The van der Waals surface area contributed by atoms with E-state index in [4.69, 9.17) is 14.2 Å². The summed E-state index contributed by atoms with van der Waals surface area (Å²) in [6.07, 6.45) is 0.464. The number of Topliss-reactive ketones (excluding diaryl/α,β-unsaturated/α-hetero) is 1. The lowest BCUT2D eigenvalue weighted by Crippen LogP contribution is -2.36. The van der Waals surface area contributed by atoms with Gasteiger partial charge in [0, 0.05) is 6.42 Å². The number of allylic oxidation sites excluding steroid dienone is 1. The lowest BCUT2D eigenvalue weighted by atomic mass is 9.85. The van der Waals surface area contributed by atoms with Crippen LogP contribution in [-0.2, 0) is 43.2 Å². The molecule has 14 heteroatoms. The summed E-state index contributed by atoms with van der Waals surface area (Å²) in [6.45, 7) is 8.98. The highest BCUT2D eigenvalue weighted by atomic mass is 32.2. The fourth-order valence-corrected chi connectivity index (χ4v) is 6.67. The maximum Gasteiger partial charge on any atom is 0.573 e. The number of alkyl halides is 3. The average molecular weight is 733 g/mol. The fourth-order valence-electron chi connectivity index (χ4n) is 5.40. The molecule has 2 rings (SSSR count). The van der Waals surface area contributed by atoms with E-state index >= 15 is 0 Å². The van der Waals surface area contributed by atoms with E-state index in [-0.39, 0.29) is 68.9 Å². The summed E-state index contributed by atoms with van der Waals surface area (Å²) in [4.78, 5) is 51.0. The van der Waals surface area contributed by atoms with Crippen molar-refractivity contribution < 1.29 is 59.7 Å². The Hall–Kier alpha value is -3.42. The largest absolute Gasteiger partial charge is 0.573 e. The third-order valence-corrected chi connectivity index (χ3v) is 9.79. The highest BCUT2D eigenvalue weighted by Gasteiger charge is 2.35. The average Bonchev–Trinajstić information content (AvgIpc) is 3.00. The number of rotatable bonds is 13. The Morgan fingerprint density at radius 2 is 1.66 bits per heavy atom. The first-order chi connectivity index (χ1) is 23.3. The predicted molar refractivity (Wildman–Crippen MR) is 179 cm³/mol. The summed E-state index contributed by atoms with van der Waals surface area (Å²) in [5.41, 5.74) is -0.731. The molecule has 3 unspecified atom stereocenters. The van der Waals surface area contributed by atoms with Crippen LogP contribution in [0.2, 0.25) is 0 Å². The number of hydrogen-bond acceptors (Lipinski definition) is 10. The van der Waals surface area contributed by atoms with E-state index in [0.29, 0.717) is 25.7 Å². The van der Waals surface area contributed by atoms with Crippen LogP contribution < -0.4 is 4.74 Å². The van der Waals surface area contributed by atoms with E-state index in [2.05, 4.69) is 4.74 Å². The highest BCUT2D eigenvalue weighted by Crippen LogP contribution is 2.31. The Labute approximate surface area is 293 Å². The smallest absolute Gasteiger partial charge is 0.465 e. The topological polar surface area (TPSA) is 139 Å². The van der Waals surface area contributed by atoms with Gasteiger partial charge in [0.2, 0.25) is 0 Å². The molecule has 1 aromatic carbocycles. The minimum absolute atomic E-state index is 0.0643. The van der Waals surface area contributed by atoms with Crippen molar-refractivity contribution in [3.8, 4) is 5.75 Å². The van der Waals surface area contributed by atoms with Crippen LogP contribution in [0.5, 0.6) is 5.75 Å². The van der Waals surface area contributed by atoms with E-state index in [1.54, 1.807) is 13.8 Å². The lowest BCUT2D eigenvalue weighted by molar-refractivity contribution is -0.275. The standard InChI is InChI=1S/C36H51F3O10S/c1-25(2)22-31(40)47-24-27-15-13-20-46-34(43)26(3)14-7-6-8-17-29(33(27)42)48-32(41)23-35(4,5)19-11-12-21-50(44,45)30-18-10-9-16-28(30)49-36(37,38)39/h9-12,16,18,25-27,29H,6-8,13-15,17,19-24H2,1-5H3. The van der Waals surface area contributed by atoms with Crippen molar-refractivity contribution in [2.24, 2.45) is 23.2 Å². The molecule has 1 aliphatic heterocycles. The molecular weight excluding hydrogens is 681 g/mol. The number of carbonyl (C=O) groups is 4. The number of esters is 3. The van der Waals surface area contributed by atoms with Gasteiger partial charge in [-0.3, -0.25) is 19.2 Å². The van der Waals surface area contributed by atoms with E-state index < -0.39 is 62.0 Å². The molecule has 10 nitrogen and oxygen atoms in total. The molecule has 0 aromatic heterocycles. The summed E-state index contributed by atoms with van der Waals surface area (Å²) in [5.74, 6) is -4.13. The molecule has 1 heterocycles. The quantitative estimate of drug-likeness (QED) is 0.115. The number of ether oxygens (including phenoxy) is 4. The van der Waals surface area contributed by atoms with Gasteiger partial charge in [-0.25, -0.2) is 8.42 Å². The molecule has 282 valence electrons. The Morgan fingerprint density at radius 3 is 2.34 bits per heavy atom. The van der Waals surface area contributed by atoms with Crippen molar-refractivity contribution in [1.29, 1.82) is 0 Å². The van der Waals surface area contributed by atoms with Crippen LogP contribution in [0.4, 0.5) is 13.2 Å². The zero-order chi connectivity index (χ0) is 37.5. The van der Waals surface area contributed by atoms with Gasteiger partial charge in [-0.15, -0.1) is 13.2 Å². The fraction of sp³-hybridized carbons (Fsp3) is 0.667. The van der Waals surface area contributed by atoms with Crippen LogP contribution in [0.15, 0.2) is 41.3 Å². The molecular formula is C36H51F3O10S. The van der Waals surface area contributed by atoms with Gasteiger partial charge in [0.15, 0.2) is 21.7 Å². The molecule has 0 spiro atoms. The molecule has 1 fully saturated rings.